The molecule has 0 saturated carbocycles. The Morgan fingerprint density at radius 3 is 2.96 bits per heavy atom. The van der Waals surface area contributed by atoms with Crippen molar-refractivity contribution in [3.63, 3.8) is 0 Å². The van der Waals surface area contributed by atoms with Crippen LogP contribution in [0.25, 0.3) is 22.4 Å². The van der Waals surface area contributed by atoms with Crippen molar-refractivity contribution in [2.45, 2.75) is 6.04 Å². The van der Waals surface area contributed by atoms with E-state index in [9.17, 15) is 4.79 Å². The van der Waals surface area contributed by atoms with Crippen molar-refractivity contribution in [2.75, 3.05) is 38.2 Å². The Hall–Kier alpha value is -3.23. The molecule has 1 atom stereocenters. The predicted molar refractivity (Wildman–Crippen MR) is 101 cm³/mol. The SMILES string of the molecule is COc1ccc2cc(-c3nnc(N4CCN5C(=O)NCC5C4)n3C)[nH]c2c1. The van der Waals surface area contributed by atoms with E-state index in [2.05, 4.69) is 31.5 Å². The molecule has 1 aromatic carbocycles. The molecule has 140 valence electrons. The number of rotatable bonds is 3. The fraction of sp³-hybridized carbons (Fsp3) is 0.389. The van der Waals surface area contributed by atoms with Crippen LogP contribution in [0, 0.1) is 0 Å². The molecule has 2 N–H and O–H groups in total. The van der Waals surface area contributed by atoms with Gasteiger partial charge < -0.3 is 24.8 Å². The average molecular weight is 367 g/mol. The van der Waals surface area contributed by atoms with Crippen LogP contribution in [0.4, 0.5) is 10.7 Å². The Labute approximate surface area is 155 Å². The molecule has 2 aromatic heterocycles. The van der Waals surface area contributed by atoms with Gasteiger partial charge in [0.1, 0.15) is 5.75 Å². The third-order valence-electron chi connectivity index (χ3n) is 5.44. The third kappa shape index (κ3) is 2.49. The van der Waals surface area contributed by atoms with E-state index in [-0.39, 0.29) is 12.1 Å². The molecule has 27 heavy (non-hydrogen) atoms. The minimum Gasteiger partial charge on any atom is -0.497 e. The number of fused-ring (bicyclic) bond motifs is 2. The minimum absolute atomic E-state index is 0.0341. The third-order valence-corrected chi connectivity index (χ3v) is 5.44. The van der Waals surface area contributed by atoms with Gasteiger partial charge in [0, 0.05) is 50.2 Å². The summed E-state index contributed by atoms with van der Waals surface area (Å²) in [4.78, 5) is 19.3. The lowest BCUT2D eigenvalue weighted by Gasteiger charge is -2.36. The average Bonchev–Trinajstić information content (AvgIpc) is 3.37. The van der Waals surface area contributed by atoms with Gasteiger partial charge in [-0.05, 0) is 18.2 Å². The molecule has 2 amide bonds. The molecule has 0 bridgehead atoms. The summed E-state index contributed by atoms with van der Waals surface area (Å²) in [6, 6.07) is 8.23. The molecule has 3 aromatic rings. The lowest BCUT2D eigenvalue weighted by atomic mass is 10.2. The maximum Gasteiger partial charge on any atom is 0.317 e. The zero-order valence-electron chi connectivity index (χ0n) is 15.3. The predicted octanol–water partition coefficient (Wildman–Crippen LogP) is 1.19. The molecule has 4 heterocycles. The maximum atomic E-state index is 11.8. The van der Waals surface area contributed by atoms with Gasteiger partial charge >= 0.3 is 6.03 Å². The Morgan fingerprint density at radius 2 is 2.11 bits per heavy atom. The number of aromatic amines is 1. The number of carbonyl (C=O) groups excluding carboxylic acids is 1. The summed E-state index contributed by atoms with van der Waals surface area (Å²) in [7, 11) is 3.63. The molecular formula is C18H21N7O2. The zero-order chi connectivity index (χ0) is 18.5. The second kappa shape index (κ2) is 5.90. The first-order valence-electron chi connectivity index (χ1n) is 9.00. The Morgan fingerprint density at radius 1 is 1.22 bits per heavy atom. The fourth-order valence-electron chi connectivity index (χ4n) is 3.97. The number of hydrogen-bond donors (Lipinski definition) is 2. The maximum absolute atomic E-state index is 11.8. The van der Waals surface area contributed by atoms with Gasteiger partial charge in [-0.1, -0.05) is 0 Å². The van der Waals surface area contributed by atoms with Gasteiger partial charge in [0.2, 0.25) is 5.95 Å². The van der Waals surface area contributed by atoms with Crippen molar-refractivity contribution >= 4 is 22.9 Å². The summed E-state index contributed by atoms with van der Waals surface area (Å²) in [5, 5.41) is 12.8. The van der Waals surface area contributed by atoms with Gasteiger partial charge in [-0.25, -0.2) is 4.79 Å². The van der Waals surface area contributed by atoms with E-state index in [1.165, 1.54) is 0 Å². The molecule has 9 nitrogen and oxygen atoms in total. The highest BCUT2D eigenvalue weighted by Crippen LogP contribution is 2.28. The summed E-state index contributed by atoms with van der Waals surface area (Å²) in [5.41, 5.74) is 1.91. The molecule has 9 heteroatoms. The van der Waals surface area contributed by atoms with Crippen LogP contribution in [-0.2, 0) is 7.05 Å². The van der Waals surface area contributed by atoms with E-state index in [1.807, 2.05) is 34.7 Å². The Kier molecular flexibility index (Phi) is 3.49. The van der Waals surface area contributed by atoms with E-state index in [1.54, 1.807) is 7.11 Å². The van der Waals surface area contributed by atoms with Gasteiger partial charge in [-0.15, -0.1) is 10.2 Å². The number of anilines is 1. The van der Waals surface area contributed by atoms with E-state index >= 15 is 0 Å². The number of ether oxygens (including phenoxy) is 1. The molecular weight excluding hydrogens is 346 g/mol. The number of nitrogens with zero attached hydrogens (tertiary/aromatic N) is 5. The van der Waals surface area contributed by atoms with Crippen molar-refractivity contribution in [2.24, 2.45) is 7.05 Å². The van der Waals surface area contributed by atoms with Crippen LogP contribution in [0.5, 0.6) is 5.75 Å². The molecule has 0 radical (unpaired) electrons. The molecule has 0 aliphatic carbocycles. The number of carbonyl (C=O) groups is 1. The van der Waals surface area contributed by atoms with Crippen LogP contribution in [0.1, 0.15) is 0 Å². The van der Waals surface area contributed by atoms with Gasteiger partial charge in [0.25, 0.3) is 0 Å². The molecule has 2 aliphatic heterocycles. The summed E-state index contributed by atoms with van der Waals surface area (Å²) >= 11 is 0. The van der Waals surface area contributed by atoms with Crippen molar-refractivity contribution in [1.29, 1.82) is 0 Å². The lowest BCUT2D eigenvalue weighted by molar-refractivity contribution is 0.197. The van der Waals surface area contributed by atoms with Crippen LogP contribution in [0.2, 0.25) is 0 Å². The van der Waals surface area contributed by atoms with Crippen LogP contribution >= 0.6 is 0 Å². The highest BCUT2D eigenvalue weighted by molar-refractivity contribution is 5.86. The molecule has 0 spiro atoms. The Bertz CT molecular complexity index is 1020. The number of aromatic nitrogens is 4. The zero-order valence-corrected chi connectivity index (χ0v) is 15.3. The number of methoxy groups -OCH3 is 1. The second-order valence-electron chi connectivity index (χ2n) is 7.00. The normalized spacial score (nSPS) is 19.5. The number of H-pyrrole nitrogens is 1. The van der Waals surface area contributed by atoms with Gasteiger partial charge in [0.05, 0.1) is 18.8 Å². The summed E-state index contributed by atoms with van der Waals surface area (Å²) in [6.07, 6.45) is 0. The van der Waals surface area contributed by atoms with Crippen molar-refractivity contribution in [3.05, 3.63) is 24.3 Å². The van der Waals surface area contributed by atoms with E-state index in [0.717, 1.165) is 47.2 Å². The highest BCUT2D eigenvalue weighted by atomic mass is 16.5. The lowest BCUT2D eigenvalue weighted by Crippen LogP contribution is -2.52. The van der Waals surface area contributed by atoms with Crippen LogP contribution < -0.4 is 15.0 Å². The molecule has 2 saturated heterocycles. The Balaban J connectivity index is 1.44. The number of amides is 2. The summed E-state index contributed by atoms with van der Waals surface area (Å²) in [5.74, 6) is 2.41. The van der Waals surface area contributed by atoms with Crippen LogP contribution in [0.15, 0.2) is 24.3 Å². The van der Waals surface area contributed by atoms with Crippen LogP contribution in [-0.4, -0.2) is 70.0 Å². The van der Waals surface area contributed by atoms with Gasteiger partial charge in [-0.3, -0.25) is 4.57 Å². The topological polar surface area (TPSA) is 91.3 Å². The highest BCUT2D eigenvalue weighted by Gasteiger charge is 2.36. The van der Waals surface area contributed by atoms with E-state index in [4.69, 9.17) is 4.74 Å². The number of nitrogens with one attached hydrogen (secondary N) is 2. The molecule has 1 unspecified atom stereocenters. The first-order valence-corrected chi connectivity index (χ1v) is 9.00. The van der Waals surface area contributed by atoms with Crippen molar-refractivity contribution in [3.8, 4) is 17.3 Å². The van der Waals surface area contributed by atoms with E-state index < -0.39 is 0 Å². The van der Waals surface area contributed by atoms with Gasteiger partial charge in [0.15, 0.2) is 5.82 Å². The summed E-state index contributed by atoms with van der Waals surface area (Å²) in [6.45, 7) is 2.89. The van der Waals surface area contributed by atoms with Crippen LogP contribution in [0.3, 0.4) is 0 Å². The van der Waals surface area contributed by atoms with E-state index in [0.29, 0.717) is 13.1 Å². The summed E-state index contributed by atoms with van der Waals surface area (Å²) < 4.78 is 7.30. The van der Waals surface area contributed by atoms with Crippen molar-refractivity contribution in [1.82, 2.24) is 30.0 Å². The number of piperazine rings is 1. The second-order valence-corrected chi connectivity index (χ2v) is 7.00. The smallest absolute Gasteiger partial charge is 0.317 e. The quantitative estimate of drug-likeness (QED) is 0.726. The minimum atomic E-state index is 0.0341. The standard InChI is InChI=1S/C18H21N7O2/c1-23-16(15-7-11-3-4-13(27-2)8-14(11)20-15)21-22-17(23)24-5-6-25-12(10-24)9-19-18(25)26/h3-4,7-8,12,20H,5-6,9-10H2,1-2H3,(H,19,26). The molecule has 2 fully saturated rings. The number of benzene rings is 1. The molecule has 2 aliphatic rings. The monoisotopic (exact) mass is 367 g/mol. The number of hydrogen-bond acceptors (Lipinski definition) is 5. The van der Waals surface area contributed by atoms with Crippen molar-refractivity contribution < 1.29 is 9.53 Å². The first kappa shape index (κ1) is 16.0. The first-order chi connectivity index (χ1) is 13.1. The largest absolute Gasteiger partial charge is 0.497 e. The fourth-order valence-corrected chi connectivity index (χ4v) is 3.97. The number of urea groups is 1. The molecule has 5 rings (SSSR count). The van der Waals surface area contributed by atoms with Gasteiger partial charge in [-0.2, -0.15) is 0 Å².